The number of esters is 1. The minimum Gasteiger partial charge on any atom is -0.485 e. The summed E-state index contributed by atoms with van der Waals surface area (Å²) in [4.78, 5) is 36.9. The van der Waals surface area contributed by atoms with E-state index in [1.807, 2.05) is 60.7 Å². The fourth-order valence-corrected chi connectivity index (χ4v) is 3.56. The summed E-state index contributed by atoms with van der Waals surface area (Å²) in [6.07, 6.45) is -0.298. The minimum atomic E-state index is -1.03. The van der Waals surface area contributed by atoms with Crippen molar-refractivity contribution in [2.75, 3.05) is 0 Å². The Labute approximate surface area is 222 Å². The van der Waals surface area contributed by atoms with Crippen molar-refractivity contribution in [1.29, 1.82) is 0 Å². The van der Waals surface area contributed by atoms with Crippen LogP contribution in [0.2, 0.25) is 0 Å². The number of carbonyl (C=O) groups is 3. The van der Waals surface area contributed by atoms with E-state index in [0.717, 1.165) is 16.7 Å². The van der Waals surface area contributed by atoms with Gasteiger partial charge in [-0.1, -0.05) is 66.7 Å². The number of alkyl carbamates (subject to hydrolysis) is 1. The normalized spacial score (nSPS) is 11.8. The Kier molecular flexibility index (Phi) is 9.87. The third-order valence-electron chi connectivity index (χ3n) is 5.34. The zero-order valence-electron chi connectivity index (χ0n) is 21.8. The predicted octanol–water partition coefficient (Wildman–Crippen LogP) is 5.32. The number of aryl methyl sites for hydroxylation is 1. The molecular weight excluding hydrogens is 486 g/mol. The van der Waals surface area contributed by atoms with Crippen LogP contribution in [-0.4, -0.2) is 34.8 Å². The van der Waals surface area contributed by atoms with Crippen LogP contribution in [0.5, 0.6) is 11.5 Å². The van der Waals surface area contributed by atoms with Gasteiger partial charge >= 0.3 is 18.0 Å². The molecule has 8 heteroatoms. The second-order valence-corrected chi connectivity index (χ2v) is 9.76. The summed E-state index contributed by atoms with van der Waals surface area (Å²) in [7, 11) is 0. The van der Waals surface area contributed by atoms with Gasteiger partial charge in [0.15, 0.2) is 11.5 Å². The molecule has 0 heterocycles. The van der Waals surface area contributed by atoms with Gasteiger partial charge in [0.1, 0.15) is 18.2 Å². The molecule has 0 saturated carbocycles. The summed E-state index contributed by atoms with van der Waals surface area (Å²) in [6.45, 7) is 5.43. The van der Waals surface area contributed by atoms with Gasteiger partial charge in [0.05, 0.1) is 0 Å². The Bertz CT molecular complexity index is 1220. The first-order valence-electron chi connectivity index (χ1n) is 12.4. The van der Waals surface area contributed by atoms with E-state index in [2.05, 4.69) is 5.32 Å². The topological polar surface area (TPSA) is 111 Å². The maximum atomic E-state index is 13.3. The minimum absolute atomic E-state index is 0.0454. The van der Waals surface area contributed by atoms with Crippen molar-refractivity contribution in [2.24, 2.45) is 0 Å². The van der Waals surface area contributed by atoms with E-state index < -0.39 is 29.7 Å². The number of benzene rings is 3. The van der Waals surface area contributed by atoms with Gasteiger partial charge in [-0.15, -0.1) is 0 Å². The van der Waals surface area contributed by atoms with Crippen LogP contribution in [0, 0.1) is 0 Å². The number of rotatable bonds is 11. The molecule has 3 aromatic carbocycles. The Morgan fingerprint density at radius 2 is 1.47 bits per heavy atom. The number of amides is 1. The monoisotopic (exact) mass is 519 g/mol. The summed E-state index contributed by atoms with van der Waals surface area (Å²) >= 11 is 0. The number of aliphatic carboxylic acids is 1. The molecule has 0 fully saturated rings. The van der Waals surface area contributed by atoms with Crippen LogP contribution in [-0.2, 0) is 33.8 Å². The van der Waals surface area contributed by atoms with Crippen LogP contribution in [0.3, 0.4) is 0 Å². The van der Waals surface area contributed by atoms with E-state index in [1.54, 1.807) is 39.0 Å². The Balaban J connectivity index is 1.83. The second kappa shape index (κ2) is 13.3. The SMILES string of the molecule is CC(C)(C)OC(=O)N[C@@H](Cc1ccccc1)C(=O)Oc1ccc(CCC(=O)O)cc1OCc1ccccc1. The predicted molar refractivity (Wildman–Crippen MR) is 142 cm³/mol. The van der Waals surface area contributed by atoms with Crippen molar-refractivity contribution < 1.29 is 33.7 Å². The standard InChI is InChI=1S/C30H33NO7/c1-30(2,3)38-29(35)31-24(18-21-10-6-4-7-11-21)28(34)37-25-16-14-22(15-17-27(32)33)19-26(25)36-20-23-12-8-5-9-13-23/h4-14,16,19,24H,15,17-18,20H2,1-3H3,(H,31,35)(H,32,33)/t24-/m0/s1. The highest BCUT2D eigenvalue weighted by molar-refractivity contribution is 5.83. The van der Waals surface area contributed by atoms with Crippen LogP contribution < -0.4 is 14.8 Å². The van der Waals surface area contributed by atoms with Crippen molar-refractivity contribution >= 4 is 18.0 Å². The fourth-order valence-electron chi connectivity index (χ4n) is 3.56. The van der Waals surface area contributed by atoms with E-state index in [-0.39, 0.29) is 25.2 Å². The van der Waals surface area contributed by atoms with E-state index in [1.165, 1.54) is 0 Å². The van der Waals surface area contributed by atoms with Gasteiger partial charge in [-0.25, -0.2) is 9.59 Å². The Morgan fingerprint density at radius 1 is 0.842 bits per heavy atom. The number of carboxylic acid groups (broad SMARTS) is 1. The first kappa shape index (κ1) is 28.2. The lowest BCUT2D eigenvalue weighted by Crippen LogP contribution is -2.46. The van der Waals surface area contributed by atoms with Crippen LogP contribution in [0.25, 0.3) is 0 Å². The third kappa shape index (κ3) is 9.61. The van der Waals surface area contributed by atoms with Crippen molar-refractivity contribution in [3.63, 3.8) is 0 Å². The van der Waals surface area contributed by atoms with Crippen molar-refractivity contribution in [3.8, 4) is 11.5 Å². The van der Waals surface area contributed by atoms with Gasteiger partial charge in [0, 0.05) is 12.8 Å². The molecule has 2 N–H and O–H groups in total. The summed E-state index contributed by atoms with van der Waals surface area (Å²) in [5.41, 5.74) is 1.72. The van der Waals surface area contributed by atoms with E-state index in [0.29, 0.717) is 12.2 Å². The van der Waals surface area contributed by atoms with Gasteiger partial charge < -0.3 is 24.6 Å². The molecular formula is C30H33NO7. The van der Waals surface area contributed by atoms with Crippen molar-refractivity contribution in [1.82, 2.24) is 5.32 Å². The summed E-state index contributed by atoms with van der Waals surface area (Å²) in [6, 6.07) is 22.6. The van der Waals surface area contributed by atoms with E-state index >= 15 is 0 Å². The molecule has 0 saturated heterocycles. The highest BCUT2D eigenvalue weighted by Crippen LogP contribution is 2.30. The highest BCUT2D eigenvalue weighted by Gasteiger charge is 2.27. The molecule has 38 heavy (non-hydrogen) atoms. The molecule has 1 amide bonds. The molecule has 3 rings (SSSR count). The average molecular weight is 520 g/mol. The summed E-state index contributed by atoms with van der Waals surface area (Å²) in [5.74, 6) is -1.15. The largest absolute Gasteiger partial charge is 0.485 e. The first-order chi connectivity index (χ1) is 18.1. The van der Waals surface area contributed by atoms with Crippen LogP contribution in [0.4, 0.5) is 4.79 Å². The van der Waals surface area contributed by atoms with Crippen molar-refractivity contribution in [3.05, 3.63) is 95.6 Å². The van der Waals surface area contributed by atoms with E-state index in [4.69, 9.17) is 19.3 Å². The lowest BCUT2D eigenvalue weighted by molar-refractivity contribution is -0.137. The Morgan fingerprint density at radius 3 is 2.08 bits per heavy atom. The fraction of sp³-hybridized carbons (Fsp3) is 0.300. The van der Waals surface area contributed by atoms with Gasteiger partial charge in [-0.2, -0.15) is 0 Å². The number of carboxylic acids is 1. The molecule has 0 aromatic heterocycles. The third-order valence-corrected chi connectivity index (χ3v) is 5.34. The zero-order valence-corrected chi connectivity index (χ0v) is 21.8. The second-order valence-electron chi connectivity index (χ2n) is 9.76. The number of carbonyl (C=O) groups excluding carboxylic acids is 2. The molecule has 0 unspecified atom stereocenters. The molecule has 0 bridgehead atoms. The molecule has 0 aliphatic rings. The van der Waals surface area contributed by atoms with Gasteiger partial charge in [-0.05, 0) is 56.0 Å². The molecule has 1 atom stereocenters. The quantitative estimate of drug-likeness (QED) is 0.260. The summed E-state index contributed by atoms with van der Waals surface area (Å²) in [5, 5.41) is 11.7. The maximum Gasteiger partial charge on any atom is 0.408 e. The molecule has 0 spiro atoms. The molecule has 3 aromatic rings. The molecule has 8 nitrogen and oxygen atoms in total. The van der Waals surface area contributed by atoms with Gasteiger partial charge in [-0.3, -0.25) is 4.79 Å². The molecule has 200 valence electrons. The van der Waals surface area contributed by atoms with Crippen LogP contribution >= 0.6 is 0 Å². The van der Waals surface area contributed by atoms with E-state index in [9.17, 15) is 14.4 Å². The maximum absolute atomic E-state index is 13.3. The number of hydrogen-bond donors (Lipinski definition) is 2. The summed E-state index contributed by atoms with van der Waals surface area (Å²) < 4.78 is 17.1. The average Bonchev–Trinajstić information content (AvgIpc) is 2.87. The molecule has 0 aliphatic carbocycles. The van der Waals surface area contributed by atoms with Crippen LogP contribution in [0.15, 0.2) is 78.9 Å². The lowest BCUT2D eigenvalue weighted by atomic mass is 10.1. The molecule has 0 aliphatic heterocycles. The molecule has 0 radical (unpaired) electrons. The zero-order chi connectivity index (χ0) is 27.5. The lowest BCUT2D eigenvalue weighted by Gasteiger charge is -2.23. The number of nitrogens with one attached hydrogen (secondary N) is 1. The van der Waals surface area contributed by atoms with Gasteiger partial charge in [0.2, 0.25) is 0 Å². The van der Waals surface area contributed by atoms with Crippen LogP contribution in [0.1, 0.15) is 43.9 Å². The van der Waals surface area contributed by atoms with Crippen molar-refractivity contribution in [2.45, 2.75) is 58.3 Å². The highest BCUT2D eigenvalue weighted by atomic mass is 16.6. The van der Waals surface area contributed by atoms with Gasteiger partial charge in [0.25, 0.3) is 0 Å². The Hall–Kier alpha value is -4.33. The number of ether oxygens (including phenoxy) is 3. The smallest absolute Gasteiger partial charge is 0.408 e. The number of hydrogen-bond acceptors (Lipinski definition) is 6. The first-order valence-corrected chi connectivity index (χ1v) is 12.4.